The van der Waals surface area contributed by atoms with Crippen molar-refractivity contribution in [3.63, 3.8) is 0 Å². The van der Waals surface area contributed by atoms with Crippen molar-refractivity contribution >= 4 is 11.6 Å². The zero-order valence-electron chi connectivity index (χ0n) is 10.7. The molecule has 0 bridgehead atoms. The molecule has 0 saturated carbocycles. The number of nitrogens with two attached hydrogens (primary N) is 1. The molecule has 1 aromatic rings. The summed E-state index contributed by atoms with van der Waals surface area (Å²) in [7, 11) is 0. The van der Waals surface area contributed by atoms with Crippen LogP contribution >= 0.6 is 0 Å². The van der Waals surface area contributed by atoms with E-state index in [4.69, 9.17) is 5.73 Å². The Kier molecular flexibility index (Phi) is 4.10. The van der Waals surface area contributed by atoms with E-state index in [9.17, 15) is 0 Å². The van der Waals surface area contributed by atoms with Gasteiger partial charge in [0.2, 0.25) is 0 Å². The summed E-state index contributed by atoms with van der Waals surface area (Å²) in [6, 6.07) is 1.78. The monoisotopic (exact) mass is 222 g/mol. The molecule has 1 heterocycles. The van der Waals surface area contributed by atoms with E-state index in [1.807, 2.05) is 6.92 Å². The van der Waals surface area contributed by atoms with Crippen LogP contribution in [0.5, 0.6) is 0 Å². The van der Waals surface area contributed by atoms with Gasteiger partial charge in [-0.3, -0.25) is 0 Å². The van der Waals surface area contributed by atoms with Gasteiger partial charge in [0, 0.05) is 19.0 Å². The molecule has 0 radical (unpaired) electrons. The summed E-state index contributed by atoms with van der Waals surface area (Å²) in [5.41, 5.74) is 5.99. The first-order valence-corrected chi connectivity index (χ1v) is 5.84. The van der Waals surface area contributed by atoms with Gasteiger partial charge < -0.3 is 11.1 Å². The van der Waals surface area contributed by atoms with E-state index >= 15 is 0 Å². The molecule has 1 aromatic heterocycles. The van der Waals surface area contributed by atoms with Crippen LogP contribution in [0.25, 0.3) is 0 Å². The summed E-state index contributed by atoms with van der Waals surface area (Å²) >= 11 is 0. The first-order chi connectivity index (χ1) is 7.46. The van der Waals surface area contributed by atoms with Crippen molar-refractivity contribution in [3.05, 3.63) is 11.9 Å². The molecule has 0 spiro atoms. The Labute approximate surface area is 97.7 Å². The fourth-order valence-electron chi connectivity index (χ4n) is 1.22. The normalized spacial score (nSPS) is 11.5. The molecule has 0 aromatic carbocycles. The smallest absolute Gasteiger partial charge is 0.132 e. The minimum absolute atomic E-state index is 0.270. The number of aryl methyl sites for hydroxylation is 1. The minimum atomic E-state index is 0.270. The molecule has 3 N–H and O–H groups in total. The summed E-state index contributed by atoms with van der Waals surface area (Å²) < 4.78 is 0. The van der Waals surface area contributed by atoms with E-state index in [1.54, 1.807) is 6.07 Å². The number of hydrogen-bond acceptors (Lipinski definition) is 4. The van der Waals surface area contributed by atoms with E-state index in [2.05, 4.69) is 36.1 Å². The van der Waals surface area contributed by atoms with E-state index in [0.29, 0.717) is 5.82 Å². The Morgan fingerprint density at radius 3 is 2.56 bits per heavy atom. The molecule has 0 amide bonds. The highest BCUT2D eigenvalue weighted by atomic mass is 15.0. The molecule has 90 valence electrons. The van der Waals surface area contributed by atoms with Gasteiger partial charge in [0.1, 0.15) is 17.5 Å². The average Bonchev–Trinajstić information content (AvgIpc) is 2.26. The molecule has 1 rings (SSSR count). The van der Waals surface area contributed by atoms with Gasteiger partial charge in [0.05, 0.1) is 0 Å². The lowest BCUT2D eigenvalue weighted by molar-refractivity contribution is 0.376. The second-order valence-corrected chi connectivity index (χ2v) is 4.82. The van der Waals surface area contributed by atoms with Crippen molar-refractivity contribution in [2.75, 3.05) is 17.6 Å². The summed E-state index contributed by atoms with van der Waals surface area (Å²) in [5.74, 6) is 2.14. The van der Waals surface area contributed by atoms with Crippen molar-refractivity contribution in [2.24, 2.45) is 5.41 Å². The van der Waals surface area contributed by atoms with Gasteiger partial charge in [-0.15, -0.1) is 0 Å². The van der Waals surface area contributed by atoms with Gasteiger partial charge in [-0.2, -0.15) is 0 Å². The molecule has 0 unspecified atom stereocenters. The third kappa shape index (κ3) is 3.68. The van der Waals surface area contributed by atoms with Crippen molar-refractivity contribution in [2.45, 2.75) is 40.5 Å². The highest BCUT2D eigenvalue weighted by Crippen LogP contribution is 2.20. The summed E-state index contributed by atoms with van der Waals surface area (Å²) in [6.45, 7) is 9.56. The van der Waals surface area contributed by atoms with E-state index in [0.717, 1.165) is 31.0 Å². The van der Waals surface area contributed by atoms with E-state index in [1.165, 1.54) is 0 Å². The number of rotatable bonds is 5. The number of nitrogens with one attached hydrogen (secondary N) is 1. The molecule has 0 atom stereocenters. The number of nitrogen functional groups attached to an aromatic ring is 1. The van der Waals surface area contributed by atoms with E-state index < -0.39 is 0 Å². The van der Waals surface area contributed by atoms with Crippen molar-refractivity contribution in [3.8, 4) is 0 Å². The van der Waals surface area contributed by atoms with Crippen LogP contribution in [0.15, 0.2) is 6.07 Å². The molecular weight excluding hydrogens is 200 g/mol. The van der Waals surface area contributed by atoms with Gasteiger partial charge in [0.15, 0.2) is 0 Å². The molecule has 0 aliphatic rings. The second-order valence-electron chi connectivity index (χ2n) is 4.82. The fourth-order valence-corrected chi connectivity index (χ4v) is 1.22. The Morgan fingerprint density at radius 2 is 2.00 bits per heavy atom. The van der Waals surface area contributed by atoms with Crippen molar-refractivity contribution in [1.29, 1.82) is 0 Å². The maximum Gasteiger partial charge on any atom is 0.132 e. The van der Waals surface area contributed by atoms with Gasteiger partial charge in [-0.25, -0.2) is 9.97 Å². The van der Waals surface area contributed by atoms with Crippen LogP contribution in [-0.4, -0.2) is 16.5 Å². The van der Waals surface area contributed by atoms with Crippen LogP contribution in [0.3, 0.4) is 0 Å². The zero-order chi connectivity index (χ0) is 12.2. The van der Waals surface area contributed by atoms with Gasteiger partial charge in [0.25, 0.3) is 0 Å². The minimum Gasteiger partial charge on any atom is -0.384 e. The predicted octanol–water partition coefficient (Wildman–Crippen LogP) is 2.47. The highest BCUT2D eigenvalue weighted by molar-refractivity contribution is 5.44. The third-order valence-corrected chi connectivity index (χ3v) is 2.81. The van der Waals surface area contributed by atoms with Crippen LogP contribution in [0.1, 0.15) is 39.9 Å². The molecular formula is C12H22N4. The predicted molar refractivity (Wildman–Crippen MR) is 68.4 cm³/mol. The van der Waals surface area contributed by atoms with Crippen molar-refractivity contribution in [1.82, 2.24) is 9.97 Å². The quantitative estimate of drug-likeness (QED) is 0.803. The Bertz CT molecular complexity index is 347. The maximum absolute atomic E-state index is 5.72. The lowest BCUT2D eigenvalue weighted by Crippen LogP contribution is -2.22. The first-order valence-electron chi connectivity index (χ1n) is 5.84. The molecule has 16 heavy (non-hydrogen) atoms. The first kappa shape index (κ1) is 12.7. The Hall–Kier alpha value is -1.32. The highest BCUT2D eigenvalue weighted by Gasteiger charge is 2.14. The summed E-state index contributed by atoms with van der Waals surface area (Å²) in [4.78, 5) is 8.53. The van der Waals surface area contributed by atoms with Crippen LogP contribution in [0.2, 0.25) is 0 Å². The molecule has 0 aliphatic carbocycles. The van der Waals surface area contributed by atoms with Crippen molar-refractivity contribution < 1.29 is 0 Å². The van der Waals surface area contributed by atoms with Gasteiger partial charge in [-0.1, -0.05) is 27.7 Å². The van der Waals surface area contributed by atoms with Crippen LogP contribution in [0, 0.1) is 5.41 Å². The SMILES string of the molecule is CCc1nc(N)cc(NCC(C)(C)CC)n1. The lowest BCUT2D eigenvalue weighted by atomic mass is 9.90. The zero-order valence-corrected chi connectivity index (χ0v) is 10.7. The standard InChI is InChI=1S/C12H22N4/c1-5-10-15-9(13)7-11(16-10)14-8-12(3,4)6-2/h7H,5-6,8H2,1-4H3,(H3,13,14,15,16). The summed E-state index contributed by atoms with van der Waals surface area (Å²) in [5, 5.41) is 3.32. The molecule has 0 aliphatic heterocycles. The van der Waals surface area contributed by atoms with Crippen LogP contribution < -0.4 is 11.1 Å². The number of nitrogens with zero attached hydrogens (tertiary/aromatic N) is 2. The molecule has 4 heteroatoms. The Morgan fingerprint density at radius 1 is 1.31 bits per heavy atom. The molecule has 4 nitrogen and oxygen atoms in total. The second kappa shape index (κ2) is 5.14. The maximum atomic E-state index is 5.72. The molecule has 0 fully saturated rings. The Balaban J connectivity index is 2.70. The molecule has 0 saturated heterocycles. The number of hydrogen-bond donors (Lipinski definition) is 2. The summed E-state index contributed by atoms with van der Waals surface area (Å²) in [6.07, 6.45) is 1.93. The topological polar surface area (TPSA) is 63.8 Å². The van der Waals surface area contributed by atoms with E-state index in [-0.39, 0.29) is 5.41 Å². The third-order valence-electron chi connectivity index (χ3n) is 2.81. The van der Waals surface area contributed by atoms with Gasteiger partial charge in [-0.05, 0) is 11.8 Å². The van der Waals surface area contributed by atoms with Crippen LogP contribution in [-0.2, 0) is 6.42 Å². The van der Waals surface area contributed by atoms with Crippen LogP contribution in [0.4, 0.5) is 11.6 Å². The fraction of sp³-hybridized carbons (Fsp3) is 0.667. The average molecular weight is 222 g/mol. The number of anilines is 2. The largest absolute Gasteiger partial charge is 0.384 e. The van der Waals surface area contributed by atoms with Gasteiger partial charge >= 0.3 is 0 Å². The number of aromatic nitrogens is 2. The lowest BCUT2D eigenvalue weighted by Gasteiger charge is -2.23.